The fourth-order valence-corrected chi connectivity index (χ4v) is 4.48. The fourth-order valence-electron chi connectivity index (χ4n) is 4.48. The zero-order chi connectivity index (χ0) is 26.2. The van der Waals surface area contributed by atoms with Gasteiger partial charge in [0, 0.05) is 30.9 Å². The topological polar surface area (TPSA) is 133 Å². The van der Waals surface area contributed by atoms with Crippen molar-refractivity contribution in [1.29, 1.82) is 10.8 Å². The van der Waals surface area contributed by atoms with E-state index in [2.05, 4.69) is 4.90 Å². The predicted octanol–water partition coefficient (Wildman–Crippen LogP) is 3.50. The lowest BCUT2D eigenvalue weighted by molar-refractivity contribution is -0.138. The average molecular weight is 494 g/mol. The summed E-state index contributed by atoms with van der Waals surface area (Å²) in [6, 6.07) is 12.6. The number of rotatable bonds is 9. The molecule has 0 aromatic heterocycles. The molecule has 192 valence electrons. The second-order valence-corrected chi connectivity index (χ2v) is 9.06. The second-order valence-electron chi connectivity index (χ2n) is 9.06. The van der Waals surface area contributed by atoms with Crippen LogP contribution in [-0.2, 0) is 14.3 Å². The molecule has 3 rings (SSSR count). The summed E-state index contributed by atoms with van der Waals surface area (Å²) >= 11 is 0. The van der Waals surface area contributed by atoms with Gasteiger partial charge in [0.25, 0.3) is 0 Å². The molecular formula is C27H35N5O4. The van der Waals surface area contributed by atoms with Gasteiger partial charge in [0.2, 0.25) is 0 Å². The first-order valence-corrected chi connectivity index (χ1v) is 12.0. The molecule has 0 spiro atoms. The van der Waals surface area contributed by atoms with Crippen molar-refractivity contribution in [3.8, 4) is 11.1 Å². The minimum absolute atomic E-state index is 0.0437. The Morgan fingerprint density at radius 3 is 2.33 bits per heavy atom. The van der Waals surface area contributed by atoms with Gasteiger partial charge in [0.05, 0.1) is 25.6 Å². The van der Waals surface area contributed by atoms with Crippen LogP contribution in [0.1, 0.15) is 42.1 Å². The van der Waals surface area contributed by atoms with Gasteiger partial charge in [-0.25, -0.2) is 4.79 Å². The van der Waals surface area contributed by atoms with Crippen LogP contribution in [0.4, 0.5) is 5.69 Å². The zero-order valence-corrected chi connectivity index (χ0v) is 21.2. The predicted molar refractivity (Wildman–Crippen MR) is 141 cm³/mol. The van der Waals surface area contributed by atoms with Crippen LogP contribution < -0.4 is 10.6 Å². The van der Waals surface area contributed by atoms with Crippen molar-refractivity contribution in [3.05, 3.63) is 53.6 Å². The maximum Gasteiger partial charge on any atom is 0.337 e. The Bertz CT molecular complexity index is 1120. The molecule has 36 heavy (non-hydrogen) atoms. The van der Waals surface area contributed by atoms with Crippen LogP contribution >= 0.6 is 0 Å². The smallest absolute Gasteiger partial charge is 0.337 e. The van der Waals surface area contributed by atoms with E-state index in [9.17, 15) is 9.59 Å². The van der Waals surface area contributed by atoms with Gasteiger partial charge in [0.1, 0.15) is 12.4 Å². The van der Waals surface area contributed by atoms with E-state index in [1.807, 2.05) is 30.0 Å². The van der Waals surface area contributed by atoms with Crippen molar-refractivity contribution in [2.24, 2.45) is 11.7 Å². The molecule has 2 aromatic rings. The number of anilines is 1. The molecule has 1 fully saturated rings. The number of nitrogens with zero attached hydrogens (tertiary/aromatic N) is 2. The Morgan fingerprint density at radius 1 is 1.03 bits per heavy atom. The molecule has 0 atom stereocenters. The van der Waals surface area contributed by atoms with E-state index >= 15 is 0 Å². The Kier molecular flexibility index (Phi) is 9.05. The third kappa shape index (κ3) is 6.84. The van der Waals surface area contributed by atoms with E-state index < -0.39 is 5.97 Å². The number of ether oxygens (including phenoxy) is 2. The molecule has 1 saturated heterocycles. The summed E-state index contributed by atoms with van der Waals surface area (Å²) in [5.41, 5.74) is 8.87. The molecule has 9 heteroatoms. The summed E-state index contributed by atoms with van der Waals surface area (Å²) in [5, 5.41) is 15.6. The Hall–Kier alpha value is -3.88. The van der Waals surface area contributed by atoms with Gasteiger partial charge in [-0.15, -0.1) is 0 Å². The first-order valence-electron chi connectivity index (χ1n) is 12.0. The number of carbonyl (C=O) groups is 2. The van der Waals surface area contributed by atoms with Crippen molar-refractivity contribution in [2.75, 3.05) is 45.3 Å². The largest absolute Gasteiger partial charge is 0.468 e. The summed E-state index contributed by atoms with van der Waals surface area (Å²) in [7, 11) is 2.69. The first-order chi connectivity index (χ1) is 17.2. The number of likely N-dealkylation sites (tertiary alicyclic amines) is 1. The SMILES string of the molecule is COC(=O)CN(CCC1CCN(C(C)=N)CC1)c1cc(C(=O)OC)cc(-c2cccc(C(=N)N)c2)c1. The quantitative estimate of drug-likeness (QED) is 0.277. The highest BCUT2D eigenvalue weighted by Crippen LogP contribution is 2.30. The maximum absolute atomic E-state index is 12.5. The number of hydrogen-bond acceptors (Lipinski definition) is 7. The van der Waals surface area contributed by atoms with E-state index in [0.29, 0.717) is 35.1 Å². The highest BCUT2D eigenvalue weighted by Gasteiger charge is 2.22. The standard InChI is InChI=1S/C27H35N5O4/c1-18(28)31-10-7-19(8-11-31)9-12-32(17-25(33)35-2)24-15-22(14-23(16-24)27(34)36-3)20-5-4-6-21(13-20)26(29)30/h4-6,13-16,19,28H,7-12,17H2,1-3H3,(H3,29,30). The van der Waals surface area contributed by atoms with Crippen molar-refractivity contribution < 1.29 is 19.1 Å². The number of amidine groups is 2. The van der Waals surface area contributed by atoms with Crippen LogP contribution in [0.2, 0.25) is 0 Å². The van der Waals surface area contributed by atoms with Gasteiger partial charge in [-0.1, -0.05) is 18.2 Å². The molecule has 1 heterocycles. The number of benzene rings is 2. The number of nitrogens with one attached hydrogen (secondary N) is 2. The lowest BCUT2D eigenvalue weighted by Gasteiger charge is -2.34. The van der Waals surface area contributed by atoms with Crippen molar-refractivity contribution in [3.63, 3.8) is 0 Å². The lowest BCUT2D eigenvalue weighted by atomic mass is 9.93. The van der Waals surface area contributed by atoms with E-state index in [1.54, 1.807) is 24.3 Å². The molecule has 4 N–H and O–H groups in total. The molecule has 0 unspecified atom stereocenters. The van der Waals surface area contributed by atoms with Crippen LogP contribution in [-0.4, -0.2) is 68.9 Å². The van der Waals surface area contributed by atoms with Gasteiger partial charge in [-0.3, -0.25) is 15.6 Å². The lowest BCUT2D eigenvalue weighted by Crippen LogP contribution is -2.38. The van der Waals surface area contributed by atoms with E-state index in [0.717, 1.165) is 43.5 Å². The van der Waals surface area contributed by atoms with E-state index in [4.69, 9.17) is 26.0 Å². The van der Waals surface area contributed by atoms with Gasteiger partial charge >= 0.3 is 11.9 Å². The highest BCUT2D eigenvalue weighted by molar-refractivity contribution is 5.97. The second kappa shape index (κ2) is 12.2. The fraction of sp³-hybridized carbons (Fsp3) is 0.407. The average Bonchev–Trinajstić information content (AvgIpc) is 2.90. The number of methoxy groups -OCH3 is 2. The minimum Gasteiger partial charge on any atom is -0.468 e. The summed E-state index contributed by atoms with van der Waals surface area (Å²) < 4.78 is 9.94. The Balaban J connectivity index is 1.92. The molecule has 1 aliphatic rings. The normalized spacial score (nSPS) is 13.7. The van der Waals surface area contributed by atoms with Crippen LogP contribution in [0.5, 0.6) is 0 Å². The summed E-state index contributed by atoms with van der Waals surface area (Å²) in [4.78, 5) is 28.8. The van der Waals surface area contributed by atoms with Crippen molar-refractivity contribution in [2.45, 2.75) is 26.2 Å². The maximum atomic E-state index is 12.5. The molecular weight excluding hydrogens is 458 g/mol. The summed E-state index contributed by atoms with van der Waals surface area (Å²) in [6.45, 7) is 4.21. The van der Waals surface area contributed by atoms with Crippen molar-refractivity contribution >= 4 is 29.3 Å². The Labute approximate surface area is 212 Å². The number of piperidine rings is 1. The van der Waals surface area contributed by atoms with E-state index in [-0.39, 0.29) is 18.3 Å². The summed E-state index contributed by atoms with van der Waals surface area (Å²) in [6.07, 6.45) is 2.86. The molecule has 9 nitrogen and oxygen atoms in total. The van der Waals surface area contributed by atoms with Crippen LogP contribution in [0.25, 0.3) is 11.1 Å². The van der Waals surface area contributed by atoms with Gasteiger partial charge in [0.15, 0.2) is 0 Å². The number of nitrogen functional groups attached to an aromatic ring is 1. The number of nitrogens with two attached hydrogens (primary N) is 1. The van der Waals surface area contributed by atoms with Crippen LogP contribution in [0.3, 0.4) is 0 Å². The van der Waals surface area contributed by atoms with Crippen LogP contribution in [0, 0.1) is 16.7 Å². The van der Waals surface area contributed by atoms with Gasteiger partial charge in [-0.2, -0.15) is 0 Å². The summed E-state index contributed by atoms with van der Waals surface area (Å²) in [5.74, 6) is 0.192. The van der Waals surface area contributed by atoms with E-state index in [1.165, 1.54) is 14.2 Å². The molecule has 0 amide bonds. The third-order valence-corrected chi connectivity index (χ3v) is 6.65. The number of esters is 2. The van der Waals surface area contributed by atoms with Crippen molar-refractivity contribution in [1.82, 2.24) is 4.90 Å². The Morgan fingerprint density at radius 2 is 1.72 bits per heavy atom. The van der Waals surface area contributed by atoms with Gasteiger partial charge in [-0.05, 0) is 67.5 Å². The first kappa shape index (κ1) is 26.7. The molecule has 0 radical (unpaired) electrons. The zero-order valence-electron chi connectivity index (χ0n) is 21.2. The molecule has 0 saturated carbocycles. The third-order valence-electron chi connectivity index (χ3n) is 6.65. The number of hydrogen-bond donors (Lipinski definition) is 3. The molecule has 0 bridgehead atoms. The number of carbonyl (C=O) groups excluding carboxylic acids is 2. The minimum atomic E-state index is -0.478. The van der Waals surface area contributed by atoms with Crippen LogP contribution in [0.15, 0.2) is 42.5 Å². The molecule has 0 aliphatic carbocycles. The molecule has 1 aliphatic heterocycles. The van der Waals surface area contributed by atoms with Gasteiger partial charge < -0.3 is 25.0 Å². The monoisotopic (exact) mass is 493 g/mol. The molecule has 2 aromatic carbocycles. The highest BCUT2D eigenvalue weighted by atomic mass is 16.5.